The number of anilines is 2. The molecule has 1 aromatic carbocycles. The van der Waals surface area contributed by atoms with E-state index < -0.39 is 0 Å². The lowest BCUT2D eigenvalue weighted by Gasteiger charge is -2.12. The fourth-order valence-electron chi connectivity index (χ4n) is 2.00. The highest BCUT2D eigenvalue weighted by atomic mass is 16.5. The van der Waals surface area contributed by atoms with Gasteiger partial charge >= 0.3 is 0 Å². The van der Waals surface area contributed by atoms with Gasteiger partial charge in [0.15, 0.2) is 0 Å². The molecule has 2 aromatic rings. The molecule has 0 aliphatic carbocycles. The number of hydrogen-bond donors (Lipinski definition) is 2. The van der Waals surface area contributed by atoms with Gasteiger partial charge in [-0.25, -0.2) is 0 Å². The Morgan fingerprint density at radius 2 is 2.10 bits per heavy atom. The number of aromatic nitrogens is 1. The Morgan fingerprint density at radius 1 is 1.33 bits per heavy atom. The molecule has 0 radical (unpaired) electrons. The van der Waals surface area contributed by atoms with Gasteiger partial charge in [0.2, 0.25) is 0 Å². The summed E-state index contributed by atoms with van der Waals surface area (Å²) in [6.07, 6.45) is 1.54. The molecule has 21 heavy (non-hydrogen) atoms. The zero-order valence-corrected chi connectivity index (χ0v) is 12.4. The van der Waals surface area contributed by atoms with Crippen LogP contribution in [0.3, 0.4) is 0 Å². The fraction of sp³-hybridized carbons (Fsp3) is 0.250. The van der Waals surface area contributed by atoms with Gasteiger partial charge in [0, 0.05) is 5.69 Å². The Bertz CT molecular complexity index is 669. The minimum absolute atomic E-state index is 0.223. The second-order valence-electron chi connectivity index (χ2n) is 4.77. The van der Waals surface area contributed by atoms with Crippen LogP contribution >= 0.6 is 0 Å². The number of amides is 1. The van der Waals surface area contributed by atoms with Crippen LogP contribution in [0.1, 0.15) is 28.5 Å². The number of carbonyl (C=O) groups is 1. The van der Waals surface area contributed by atoms with E-state index >= 15 is 0 Å². The molecule has 3 N–H and O–H groups in total. The van der Waals surface area contributed by atoms with Gasteiger partial charge in [0.05, 0.1) is 29.7 Å². The van der Waals surface area contributed by atoms with Crippen LogP contribution in [0, 0.1) is 13.8 Å². The normalized spacial score (nSPS) is 10.2. The number of rotatable bonds is 4. The number of aryl methyl sites for hydroxylation is 2. The van der Waals surface area contributed by atoms with Crippen molar-refractivity contribution in [3.8, 4) is 5.75 Å². The number of pyridine rings is 1. The first-order valence-corrected chi connectivity index (χ1v) is 6.78. The Hall–Kier alpha value is -2.56. The molecular formula is C16H19N3O2. The first-order chi connectivity index (χ1) is 10.0. The van der Waals surface area contributed by atoms with E-state index in [1.165, 1.54) is 6.20 Å². The second kappa shape index (κ2) is 6.26. The fourth-order valence-corrected chi connectivity index (χ4v) is 2.00. The van der Waals surface area contributed by atoms with Crippen LogP contribution in [-0.4, -0.2) is 17.5 Å². The minimum atomic E-state index is -0.223. The Labute approximate surface area is 124 Å². The van der Waals surface area contributed by atoms with Crippen molar-refractivity contribution in [2.75, 3.05) is 17.7 Å². The third-order valence-electron chi connectivity index (χ3n) is 3.11. The maximum absolute atomic E-state index is 12.3. The standard InChI is InChI=1S/C16H19N3O2/c1-4-21-13-5-6-15(10(2)7-13)19-16(20)14-8-12(17)9-18-11(14)3/h5-9H,4,17H2,1-3H3,(H,19,20). The van der Waals surface area contributed by atoms with Gasteiger partial charge in [-0.2, -0.15) is 0 Å². The quantitative estimate of drug-likeness (QED) is 0.905. The van der Waals surface area contributed by atoms with Crippen molar-refractivity contribution in [3.63, 3.8) is 0 Å². The first kappa shape index (κ1) is 14.8. The number of nitrogens with one attached hydrogen (secondary N) is 1. The molecule has 0 unspecified atom stereocenters. The Kier molecular flexibility index (Phi) is 4.42. The largest absolute Gasteiger partial charge is 0.494 e. The van der Waals surface area contributed by atoms with Crippen LogP contribution in [0.5, 0.6) is 5.75 Å². The number of benzene rings is 1. The molecule has 0 atom stereocenters. The predicted molar refractivity (Wildman–Crippen MR) is 83.7 cm³/mol. The summed E-state index contributed by atoms with van der Waals surface area (Å²) in [6.45, 7) is 6.24. The van der Waals surface area contributed by atoms with Gasteiger partial charge in [-0.05, 0) is 50.6 Å². The molecule has 1 amide bonds. The lowest BCUT2D eigenvalue weighted by Crippen LogP contribution is -2.15. The molecular weight excluding hydrogens is 266 g/mol. The summed E-state index contributed by atoms with van der Waals surface area (Å²) >= 11 is 0. The monoisotopic (exact) mass is 285 g/mol. The van der Waals surface area contributed by atoms with Crippen LogP contribution in [-0.2, 0) is 0 Å². The predicted octanol–water partition coefficient (Wildman–Crippen LogP) is 2.93. The summed E-state index contributed by atoms with van der Waals surface area (Å²) in [5.41, 5.74) is 8.94. The molecule has 110 valence electrons. The molecule has 0 fully saturated rings. The van der Waals surface area contributed by atoms with Gasteiger partial charge in [0.25, 0.3) is 5.91 Å². The summed E-state index contributed by atoms with van der Waals surface area (Å²) in [4.78, 5) is 16.4. The third-order valence-corrected chi connectivity index (χ3v) is 3.11. The van der Waals surface area contributed by atoms with Crippen LogP contribution in [0.2, 0.25) is 0 Å². The molecule has 0 aliphatic rings. The molecule has 0 spiro atoms. The van der Waals surface area contributed by atoms with Crippen LogP contribution in [0.4, 0.5) is 11.4 Å². The number of ether oxygens (including phenoxy) is 1. The lowest BCUT2D eigenvalue weighted by atomic mass is 10.1. The number of nitrogens with zero attached hydrogens (tertiary/aromatic N) is 1. The van der Waals surface area contributed by atoms with Gasteiger partial charge in [0.1, 0.15) is 5.75 Å². The van der Waals surface area contributed by atoms with Gasteiger partial charge in [-0.15, -0.1) is 0 Å². The molecule has 1 heterocycles. The average molecular weight is 285 g/mol. The van der Waals surface area contributed by atoms with E-state index in [1.807, 2.05) is 32.0 Å². The van der Waals surface area contributed by atoms with E-state index in [4.69, 9.17) is 10.5 Å². The molecule has 5 heteroatoms. The number of hydrogen-bond acceptors (Lipinski definition) is 4. The minimum Gasteiger partial charge on any atom is -0.494 e. The van der Waals surface area contributed by atoms with Crippen molar-refractivity contribution in [1.29, 1.82) is 0 Å². The Morgan fingerprint density at radius 3 is 2.76 bits per heavy atom. The number of nitrogen functional groups attached to an aromatic ring is 1. The SMILES string of the molecule is CCOc1ccc(NC(=O)c2cc(N)cnc2C)c(C)c1. The summed E-state index contributed by atoms with van der Waals surface area (Å²) in [7, 11) is 0. The van der Waals surface area contributed by atoms with Gasteiger partial charge in [-0.1, -0.05) is 0 Å². The van der Waals surface area contributed by atoms with Crippen molar-refractivity contribution in [3.05, 3.63) is 47.3 Å². The zero-order chi connectivity index (χ0) is 15.4. The van der Waals surface area contributed by atoms with E-state index in [-0.39, 0.29) is 5.91 Å². The van der Waals surface area contributed by atoms with E-state index in [1.54, 1.807) is 13.0 Å². The maximum atomic E-state index is 12.3. The molecule has 2 rings (SSSR count). The summed E-state index contributed by atoms with van der Waals surface area (Å²) in [6, 6.07) is 7.18. The van der Waals surface area contributed by atoms with Crippen molar-refractivity contribution >= 4 is 17.3 Å². The maximum Gasteiger partial charge on any atom is 0.257 e. The molecule has 0 saturated heterocycles. The summed E-state index contributed by atoms with van der Waals surface area (Å²) in [5.74, 6) is 0.564. The highest BCUT2D eigenvalue weighted by Gasteiger charge is 2.12. The van der Waals surface area contributed by atoms with Crippen LogP contribution in [0.15, 0.2) is 30.5 Å². The van der Waals surface area contributed by atoms with E-state index in [0.29, 0.717) is 23.6 Å². The van der Waals surface area contributed by atoms with Gasteiger partial charge in [-0.3, -0.25) is 9.78 Å². The molecule has 0 aliphatic heterocycles. The highest BCUT2D eigenvalue weighted by molar-refractivity contribution is 6.05. The lowest BCUT2D eigenvalue weighted by molar-refractivity contribution is 0.102. The van der Waals surface area contributed by atoms with Crippen LogP contribution < -0.4 is 15.8 Å². The van der Waals surface area contributed by atoms with Crippen LogP contribution in [0.25, 0.3) is 0 Å². The van der Waals surface area contributed by atoms with E-state index in [9.17, 15) is 4.79 Å². The molecule has 0 bridgehead atoms. The van der Waals surface area contributed by atoms with E-state index in [2.05, 4.69) is 10.3 Å². The van der Waals surface area contributed by atoms with Crippen molar-refractivity contribution in [2.45, 2.75) is 20.8 Å². The molecule has 0 saturated carbocycles. The summed E-state index contributed by atoms with van der Waals surface area (Å²) in [5, 5.41) is 2.87. The van der Waals surface area contributed by atoms with Crippen molar-refractivity contribution in [2.24, 2.45) is 0 Å². The topological polar surface area (TPSA) is 77.2 Å². The van der Waals surface area contributed by atoms with Gasteiger partial charge < -0.3 is 15.8 Å². The van der Waals surface area contributed by atoms with E-state index in [0.717, 1.165) is 17.0 Å². The summed E-state index contributed by atoms with van der Waals surface area (Å²) < 4.78 is 5.43. The zero-order valence-electron chi connectivity index (χ0n) is 12.4. The average Bonchev–Trinajstić information content (AvgIpc) is 2.44. The third kappa shape index (κ3) is 3.51. The second-order valence-corrected chi connectivity index (χ2v) is 4.77. The Balaban J connectivity index is 2.21. The van der Waals surface area contributed by atoms with Crippen molar-refractivity contribution < 1.29 is 9.53 Å². The first-order valence-electron chi connectivity index (χ1n) is 6.78. The molecule has 1 aromatic heterocycles. The highest BCUT2D eigenvalue weighted by Crippen LogP contribution is 2.22. The smallest absolute Gasteiger partial charge is 0.257 e. The number of carbonyl (C=O) groups excluding carboxylic acids is 1. The van der Waals surface area contributed by atoms with Crippen molar-refractivity contribution in [1.82, 2.24) is 4.98 Å². The number of nitrogens with two attached hydrogens (primary N) is 1. The molecule has 5 nitrogen and oxygen atoms in total.